The molecule has 0 atom stereocenters. The van der Waals surface area contributed by atoms with Gasteiger partial charge in [-0.25, -0.2) is 0 Å². The van der Waals surface area contributed by atoms with Crippen LogP contribution >= 0.6 is 0 Å². The highest BCUT2D eigenvalue weighted by atomic mass is 16.5. The second kappa shape index (κ2) is 8.18. The Morgan fingerprint density at radius 1 is 1.00 bits per heavy atom. The number of benzene rings is 2. The fraction of sp³-hybridized carbons (Fsp3) is 0.0455. The van der Waals surface area contributed by atoms with Crippen molar-refractivity contribution in [3.8, 4) is 16.9 Å². The number of nitrogens with zero attached hydrogens (tertiary/aromatic N) is 2. The average molecular weight is 370 g/mol. The number of hydrogen-bond donors (Lipinski definition) is 2. The van der Waals surface area contributed by atoms with Crippen LogP contribution in [0.5, 0.6) is 5.75 Å². The second-order valence-electron chi connectivity index (χ2n) is 6.16. The maximum atomic E-state index is 12.8. The Balaban J connectivity index is 1.63. The number of ether oxygens (including phenoxy) is 1. The van der Waals surface area contributed by atoms with Crippen LogP contribution in [0.4, 0.5) is 5.69 Å². The maximum Gasteiger partial charge on any atom is 0.259 e. The molecule has 6 nitrogen and oxygen atoms in total. The van der Waals surface area contributed by atoms with Crippen LogP contribution in [0.2, 0.25) is 0 Å². The highest BCUT2D eigenvalue weighted by Crippen LogP contribution is 2.28. The van der Waals surface area contributed by atoms with Crippen molar-refractivity contribution in [1.29, 1.82) is 0 Å². The van der Waals surface area contributed by atoms with E-state index in [9.17, 15) is 4.79 Å². The van der Waals surface area contributed by atoms with Crippen molar-refractivity contribution in [2.75, 3.05) is 5.32 Å². The third kappa shape index (κ3) is 4.07. The summed E-state index contributed by atoms with van der Waals surface area (Å²) in [6, 6.07) is 18.8. The van der Waals surface area contributed by atoms with Gasteiger partial charge in [0.05, 0.1) is 11.8 Å². The topological polar surface area (TPSA) is 79.9 Å². The Kier molecular flexibility index (Phi) is 5.11. The summed E-state index contributed by atoms with van der Waals surface area (Å²) >= 11 is 0. The predicted molar refractivity (Wildman–Crippen MR) is 107 cm³/mol. The third-order valence-corrected chi connectivity index (χ3v) is 4.23. The summed E-state index contributed by atoms with van der Waals surface area (Å²) in [7, 11) is 0. The fourth-order valence-corrected chi connectivity index (χ4v) is 2.79. The number of pyridine rings is 1. The van der Waals surface area contributed by atoms with Crippen LogP contribution in [-0.2, 0) is 6.61 Å². The van der Waals surface area contributed by atoms with Crippen LogP contribution in [0.15, 0.2) is 85.5 Å². The number of carbonyl (C=O) groups is 1. The molecule has 0 radical (unpaired) electrons. The third-order valence-electron chi connectivity index (χ3n) is 4.23. The summed E-state index contributed by atoms with van der Waals surface area (Å²) in [4.78, 5) is 16.8. The summed E-state index contributed by atoms with van der Waals surface area (Å²) in [5.74, 6) is 0.266. The summed E-state index contributed by atoms with van der Waals surface area (Å²) < 4.78 is 6.02. The molecule has 4 rings (SSSR count). The lowest BCUT2D eigenvalue weighted by molar-refractivity contribution is 0.102. The molecule has 0 aliphatic carbocycles. The van der Waals surface area contributed by atoms with E-state index in [0.29, 0.717) is 23.6 Å². The van der Waals surface area contributed by atoms with Gasteiger partial charge in [-0.3, -0.25) is 14.9 Å². The van der Waals surface area contributed by atoms with E-state index in [1.165, 1.54) is 0 Å². The van der Waals surface area contributed by atoms with Crippen molar-refractivity contribution < 1.29 is 9.53 Å². The molecule has 2 aromatic carbocycles. The molecule has 2 heterocycles. The Labute approximate surface area is 162 Å². The monoisotopic (exact) mass is 370 g/mol. The zero-order chi connectivity index (χ0) is 19.2. The van der Waals surface area contributed by atoms with E-state index in [1.807, 2.05) is 42.5 Å². The minimum absolute atomic E-state index is 0.243. The molecule has 4 aromatic rings. The van der Waals surface area contributed by atoms with Crippen LogP contribution in [0.25, 0.3) is 11.1 Å². The van der Waals surface area contributed by atoms with E-state index in [2.05, 4.69) is 20.5 Å². The lowest BCUT2D eigenvalue weighted by Crippen LogP contribution is -2.14. The normalized spacial score (nSPS) is 10.4. The molecule has 0 spiro atoms. The van der Waals surface area contributed by atoms with Crippen molar-refractivity contribution in [3.63, 3.8) is 0 Å². The minimum atomic E-state index is -0.243. The predicted octanol–water partition coefficient (Wildman–Crippen LogP) is 4.30. The van der Waals surface area contributed by atoms with E-state index >= 15 is 0 Å². The van der Waals surface area contributed by atoms with Crippen molar-refractivity contribution in [1.82, 2.24) is 15.2 Å². The molecule has 0 aliphatic heterocycles. The molecule has 0 unspecified atom stereocenters. The standard InChI is InChI=1S/C22H18N4O2/c27-22(26-19-8-10-23-11-9-19)20-7-6-17(18-13-24-25-14-18)12-21(20)28-15-16-4-2-1-3-5-16/h1-14H,15H2,(H,24,25)(H,23,26,27). The van der Waals surface area contributed by atoms with Gasteiger partial charge in [0.15, 0.2) is 0 Å². The summed E-state index contributed by atoms with van der Waals surface area (Å²) in [5.41, 5.74) is 3.99. The fourth-order valence-electron chi connectivity index (χ4n) is 2.79. The lowest BCUT2D eigenvalue weighted by Gasteiger charge is -2.13. The summed E-state index contributed by atoms with van der Waals surface area (Å²) in [6.07, 6.45) is 6.79. The highest BCUT2D eigenvalue weighted by molar-refractivity contribution is 6.06. The van der Waals surface area contributed by atoms with Crippen LogP contribution in [0.1, 0.15) is 15.9 Å². The quantitative estimate of drug-likeness (QED) is 0.530. The van der Waals surface area contributed by atoms with E-state index in [4.69, 9.17) is 4.74 Å². The number of amides is 1. The van der Waals surface area contributed by atoms with Crippen LogP contribution < -0.4 is 10.1 Å². The molecule has 138 valence electrons. The first-order chi connectivity index (χ1) is 13.8. The van der Waals surface area contributed by atoms with Crippen LogP contribution in [0, 0.1) is 0 Å². The number of nitrogens with one attached hydrogen (secondary N) is 2. The van der Waals surface area contributed by atoms with E-state index < -0.39 is 0 Å². The van der Waals surface area contributed by atoms with Crippen molar-refractivity contribution in [2.24, 2.45) is 0 Å². The van der Waals surface area contributed by atoms with Gasteiger partial charge in [-0.2, -0.15) is 5.10 Å². The lowest BCUT2D eigenvalue weighted by atomic mass is 10.1. The second-order valence-corrected chi connectivity index (χ2v) is 6.16. The summed E-state index contributed by atoms with van der Waals surface area (Å²) in [6.45, 7) is 0.366. The van der Waals surface area contributed by atoms with Crippen LogP contribution in [0.3, 0.4) is 0 Å². The number of aromatic amines is 1. The number of H-pyrrole nitrogens is 1. The number of aromatic nitrogens is 3. The molecule has 0 saturated heterocycles. The van der Waals surface area contributed by atoms with Gasteiger partial charge in [0, 0.05) is 29.8 Å². The van der Waals surface area contributed by atoms with Gasteiger partial charge in [-0.1, -0.05) is 36.4 Å². The Morgan fingerprint density at radius 3 is 2.57 bits per heavy atom. The first-order valence-electron chi connectivity index (χ1n) is 8.81. The van der Waals surface area contributed by atoms with E-state index in [-0.39, 0.29) is 5.91 Å². The molecule has 0 fully saturated rings. The van der Waals surface area contributed by atoms with Crippen molar-refractivity contribution in [2.45, 2.75) is 6.61 Å². The molecular weight excluding hydrogens is 352 g/mol. The molecule has 1 amide bonds. The molecule has 6 heteroatoms. The van der Waals surface area contributed by atoms with Gasteiger partial charge in [0.25, 0.3) is 5.91 Å². The Bertz CT molecular complexity index is 1050. The number of anilines is 1. The maximum absolute atomic E-state index is 12.8. The number of rotatable bonds is 6. The molecule has 0 saturated carbocycles. The van der Waals surface area contributed by atoms with Crippen molar-refractivity contribution in [3.05, 3.63) is 96.6 Å². The summed E-state index contributed by atoms with van der Waals surface area (Å²) in [5, 5.41) is 9.66. The van der Waals surface area contributed by atoms with Gasteiger partial charge >= 0.3 is 0 Å². The van der Waals surface area contributed by atoms with Gasteiger partial charge in [-0.15, -0.1) is 0 Å². The van der Waals surface area contributed by atoms with Crippen LogP contribution in [-0.4, -0.2) is 21.1 Å². The minimum Gasteiger partial charge on any atom is -0.488 e. The first kappa shape index (κ1) is 17.5. The zero-order valence-electron chi connectivity index (χ0n) is 15.0. The van der Waals surface area contributed by atoms with E-state index in [1.54, 1.807) is 43.0 Å². The Morgan fingerprint density at radius 2 is 1.82 bits per heavy atom. The molecule has 28 heavy (non-hydrogen) atoms. The molecular formula is C22H18N4O2. The highest BCUT2D eigenvalue weighted by Gasteiger charge is 2.15. The van der Waals surface area contributed by atoms with Gasteiger partial charge in [-0.05, 0) is 35.4 Å². The smallest absolute Gasteiger partial charge is 0.259 e. The SMILES string of the molecule is O=C(Nc1ccncc1)c1ccc(-c2cn[nH]c2)cc1OCc1ccccc1. The first-order valence-corrected chi connectivity index (χ1v) is 8.81. The number of hydrogen-bond acceptors (Lipinski definition) is 4. The van der Waals surface area contributed by atoms with Gasteiger partial charge in [0.2, 0.25) is 0 Å². The molecule has 2 aromatic heterocycles. The largest absolute Gasteiger partial charge is 0.488 e. The van der Waals surface area contributed by atoms with Gasteiger partial charge in [0.1, 0.15) is 12.4 Å². The van der Waals surface area contributed by atoms with E-state index in [0.717, 1.165) is 16.7 Å². The van der Waals surface area contributed by atoms with Gasteiger partial charge < -0.3 is 10.1 Å². The zero-order valence-corrected chi connectivity index (χ0v) is 15.0. The average Bonchev–Trinajstić information content (AvgIpc) is 3.28. The molecule has 0 aliphatic rings. The Hall–Kier alpha value is -3.93. The van der Waals surface area contributed by atoms with Crippen molar-refractivity contribution >= 4 is 11.6 Å². The number of carbonyl (C=O) groups excluding carboxylic acids is 1. The molecule has 2 N–H and O–H groups in total. The molecule has 0 bridgehead atoms.